The first-order valence-corrected chi connectivity index (χ1v) is 8.53. The molecule has 3 N–H and O–H groups in total. The van der Waals surface area contributed by atoms with E-state index >= 15 is 0 Å². The minimum Gasteiger partial charge on any atom is -0.481 e. The minimum atomic E-state index is -0.794. The van der Waals surface area contributed by atoms with Gasteiger partial charge in [-0.3, -0.25) is 9.89 Å². The van der Waals surface area contributed by atoms with Crippen molar-refractivity contribution in [3.63, 3.8) is 0 Å². The molecule has 0 spiro atoms. The number of fused-ring (bicyclic) bond motifs is 2. The van der Waals surface area contributed by atoms with E-state index in [0.29, 0.717) is 24.2 Å². The number of benzene rings is 1. The Morgan fingerprint density at radius 1 is 1.32 bits per heavy atom. The number of carboxylic acids is 1. The van der Waals surface area contributed by atoms with Crippen molar-refractivity contribution < 1.29 is 9.90 Å². The number of carboxylic acid groups (broad SMARTS) is 1. The molecule has 3 heterocycles. The average molecular weight is 354 g/mol. The number of aryl methyl sites for hydroxylation is 1. The number of H-pyrrole nitrogens is 1. The van der Waals surface area contributed by atoms with Crippen molar-refractivity contribution in [3.05, 3.63) is 35.7 Å². The summed E-state index contributed by atoms with van der Waals surface area (Å²) >= 11 is 1.47. The van der Waals surface area contributed by atoms with Crippen LogP contribution in [0, 0.1) is 0 Å². The van der Waals surface area contributed by atoms with Crippen molar-refractivity contribution >= 4 is 50.1 Å². The van der Waals surface area contributed by atoms with Crippen LogP contribution in [0.15, 0.2) is 30.7 Å². The molecule has 1 aromatic carbocycles. The fourth-order valence-electron chi connectivity index (χ4n) is 2.54. The molecule has 0 saturated heterocycles. The number of aliphatic carboxylic acids is 1. The van der Waals surface area contributed by atoms with Gasteiger partial charge in [0.05, 0.1) is 16.7 Å². The lowest BCUT2D eigenvalue weighted by molar-refractivity contribution is -0.137. The summed E-state index contributed by atoms with van der Waals surface area (Å²) in [4.78, 5) is 24.6. The molecule has 8 nitrogen and oxygen atoms in total. The lowest BCUT2D eigenvalue weighted by atomic mass is 10.2. The first kappa shape index (κ1) is 15.5. The van der Waals surface area contributed by atoms with Gasteiger partial charge in [0.25, 0.3) is 0 Å². The molecular formula is C16H14N6O2S. The molecule has 0 aliphatic carbocycles. The first-order chi connectivity index (χ1) is 12.2. The fraction of sp³-hybridized carbons (Fsp3) is 0.188. The number of hydrogen-bond acceptors (Lipinski definition) is 7. The zero-order chi connectivity index (χ0) is 17.2. The zero-order valence-electron chi connectivity index (χ0n) is 13.1. The van der Waals surface area contributed by atoms with Crippen LogP contribution >= 0.6 is 11.3 Å². The van der Waals surface area contributed by atoms with Gasteiger partial charge in [-0.1, -0.05) is 11.3 Å². The Hall–Kier alpha value is -3.07. The summed E-state index contributed by atoms with van der Waals surface area (Å²) in [5, 5.41) is 20.8. The van der Waals surface area contributed by atoms with Crippen LogP contribution in [0.25, 0.3) is 21.3 Å². The molecular weight excluding hydrogens is 340 g/mol. The third-order valence-electron chi connectivity index (χ3n) is 3.72. The van der Waals surface area contributed by atoms with Crippen LogP contribution in [0.2, 0.25) is 0 Å². The van der Waals surface area contributed by atoms with E-state index in [4.69, 9.17) is 5.11 Å². The Morgan fingerprint density at radius 3 is 3.12 bits per heavy atom. The molecule has 0 fully saturated rings. The molecule has 0 aliphatic heterocycles. The number of carbonyl (C=O) groups is 1. The van der Waals surface area contributed by atoms with Crippen molar-refractivity contribution in [2.75, 3.05) is 5.32 Å². The second-order valence-corrected chi connectivity index (χ2v) is 6.59. The summed E-state index contributed by atoms with van der Waals surface area (Å²) in [6.45, 7) is 0. The summed E-state index contributed by atoms with van der Waals surface area (Å²) in [5.74, 6) is -0.161. The highest BCUT2D eigenvalue weighted by atomic mass is 32.1. The van der Waals surface area contributed by atoms with Gasteiger partial charge in [0, 0.05) is 17.5 Å². The van der Waals surface area contributed by atoms with E-state index in [0.717, 1.165) is 26.4 Å². The van der Waals surface area contributed by atoms with Gasteiger partial charge >= 0.3 is 5.97 Å². The number of nitrogens with one attached hydrogen (secondary N) is 2. The van der Waals surface area contributed by atoms with Crippen molar-refractivity contribution in [3.8, 4) is 0 Å². The number of aromatic amines is 1. The largest absolute Gasteiger partial charge is 0.481 e. The van der Waals surface area contributed by atoms with E-state index in [1.54, 1.807) is 6.20 Å². The molecule has 9 heteroatoms. The van der Waals surface area contributed by atoms with Crippen LogP contribution in [0.5, 0.6) is 0 Å². The summed E-state index contributed by atoms with van der Waals surface area (Å²) in [6.07, 6.45) is 4.58. The third-order valence-corrected chi connectivity index (χ3v) is 4.75. The predicted octanol–water partition coefficient (Wildman–Crippen LogP) is 3.11. The Bertz CT molecular complexity index is 1060. The molecule has 4 aromatic rings. The number of aromatic nitrogens is 5. The van der Waals surface area contributed by atoms with E-state index < -0.39 is 5.97 Å². The van der Waals surface area contributed by atoms with E-state index in [-0.39, 0.29) is 6.42 Å². The normalized spacial score (nSPS) is 11.2. The molecule has 25 heavy (non-hydrogen) atoms. The molecule has 0 saturated carbocycles. The number of hydrogen-bond donors (Lipinski definition) is 3. The summed E-state index contributed by atoms with van der Waals surface area (Å²) in [5.41, 5.74) is 2.55. The molecule has 0 radical (unpaired) electrons. The standard InChI is InChI=1S/C16H14N6O2S/c23-13(24)3-1-2-12-21-14-15(17-8-18-16(14)25-12)20-10-4-5-11-9(6-10)7-19-22-11/h4-8H,1-3H2,(H,19,22)(H,23,24)(H,17,18,20). The van der Waals surface area contributed by atoms with E-state index in [9.17, 15) is 4.79 Å². The van der Waals surface area contributed by atoms with Crippen LogP contribution in [0.1, 0.15) is 17.8 Å². The van der Waals surface area contributed by atoms with Crippen molar-refractivity contribution in [1.29, 1.82) is 0 Å². The topological polar surface area (TPSA) is 117 Å². The Kier molecular flexibility index (Phi) is 3.98. The number of nitrogens with zero attached hydrogens (tertiary/aromatic N) is 4. The number of rotatable bonds is 6. The van der Waals surface area contributed by atoms with Gasteiger partial charge < -0.3 is 10.4 Å². The molecule has 0 aliphatic rings. The molecule has 3 aromatic heterocycles. The first-order valence-electron chi connectivity index (χ1n) is 7.71. The van der Waals surface area contributed by atoms with Gasteiger partial charge in [-0.2, -0.15) is 5.10 Å². The average Bonchev–Trinajstić information content (AvgIpc) is 3.20. The molecule has 0 bridgehead atoms. The van der Waals surface area contributed by atoms with E-state index in [1.807, 2.05) is 18.2 Å². The van der Waals surface area contributed by atoms with Crippen LogP contribution in [-0.4, -0.2) is 36.2 Å². The molecule has 4 rings (SSSR count). The highest BCUT2D eigenvalue weighted by molar-refractivity contribution is 7.18. The monoisotopic (exact) mass is 354 g/mol. The Morgan fingerprint density at radius 2 is 2.24 bits per heavy atom. The highest BCUT2D eigenvalue weighted by Gasteiger charge is 2.11. The molecule has 0 unspecified atom stereocenters. The lowest BCUT2D eigenvalue weighted by Gasteiger charge is -2.05. The summed E-state index contributed by atoms with van der Waals surface area (Å²) < 4.78 is 0. The van der Waals surface area contributed by atoms with Gasteiger partial charge in [-0.05, 0) is 31.0 Å². The third kappa shape index (κ3) is 3.26. The minimum absolute atomic E-state index is 0.136. The fourth-order valence-corrected chi connectivity index (χ4v) is 3.49. The van der Waals surface area contributed by atoms with Crippen molar-refractivity contribution in [2.24, 2.45) is 0 Å². The summed E-state index contributed by atoms with van der Waals surface area (Å²) in [7, 11) is 0. The highest BCUT2D eigenvalue weighted by Crippen LogP contribution is 2.28. The second-order valence-electron chi connectivity index (χ2n) is 5.53. The van der Waals surface area contributed by atoms with Crippen molar-refractivity contribution in [1.82, 2.24) is 25.1 Å². The SMILES string of the molecule is O=C(O)CCCc1nc2c(Nc3ccc4[nH]ncc4c3)ncnc2s1. The van der Waals surface area contributed by atoms with Crippen LogP contribution < -0.4 is 5.32 Å². The predicted molar refractivity (Wildman–Crippen MR) is 95.2 cm³/mol. The zero-order valence-corrected chi connectivity index (χ0v) is 13.9. The Balaban J connectivity index is 1.60. The van der Waals surface area contributed by atoms with Gasteiger partial charge in [-0.15, -0.1) is 0 Å². The van der Waals surface area contributed by atoms with Gasteiger partial charge in [0.1, 0.15) is 16.7 Å². The van der Waals surface area contributed by atoms with E-state index in [2.05, 4.69) is 30.5 Å². The maximum Gasteiger partial charge on any atom is 0.303 e. The molecule has 126 valence electrons. The van der Waals surface area contributed by atoms with Gasteiger partial charge in [0.2, 0.25) is 0 Å². The number of anilines is 2. The van der Waals surface area contributed by atoms with Crippen LogP contribution in [0.3, 0.4) is 0 Å². The van der Waals surface area contributed by atoms with E-state index in [1.165, 1.54) is 17.7 Å². The second kappa shape index (κ2) is 6.44. The quantitative estimate of drug-likeness (QED) is 0.487. The van der Waals surface area contributed by atoms with Crippen LogP contribution in [-0.2, 0) is 11.2 Å². The number of thiazole rings is 1. The van der Waals surface area contributed by atoms with Crippen LogP contribution in [0.4, 0.5) is 11.5 Å². The maximum atomic E-state index is 10.6. The smallest absolute Gasteiger partial charge is 0.303 e. The van der Waals surface area contributed by atoms with Gasteiger partial charge in [0.15, 0.2) is 5.82 Å². The molecule has 0 amide bonds. The molecule has 0 atom stereocenters. The van der Waals surface area contributed by atoms with Crippen molar-refractivity contribution in [2.45, 2.75) is 19.3 Å². The maximum absolute atomic E-state index is 10.6. The van der Waals surface area contributed by atoms with Gasteiger partial charge in [-0.25, -0.2) is 15.0 Å². The summed E-state index contributed by atoms with van der Waals surface area (Å²) in [6, 6.07) is 5.86. The lowest BCUT2D eigenvalue weighted by Crippen LogP contribution is -1.96. The Labute approximate surface area is 146 Å².